The van der Waals surface area contributed by atoms with Crippen molar-refractivity contribution in [1.29, 1.82) is 0 Å². The standard InChI is InChI=1S/C6H19O4Si4/c1-11(2)8-14(7,9-12(3)4)10-13(5)6/h7H,1-6H3. The summed E-state index contributed by atoms with van der Waals surface area (Å²) in [5.41, 5.74) is 0. The van der Waals surface area contributed by atoms with Crippen molar-refractivity contribution in [2.75, 3.05) is 0 Å². The summed E-state index contributed by atoms with van der Waals surface area (Å²) in [5, 5.41) is 0. The molecule has 0 aliphatic carbocycles. The molecule has 0 heterocycles. The van der Waals surface area contributed by atoms with Gasteiger partial charge in [0.25, 0.3) is 0 Å². The number of hydrogen-bond donors (Lipinski definition) is 1. The highest BCUT2D eigenvalue weighted by Gasteiger charge is 2.43. The lowest BCUT2D eigenvalue weighted by molar-refractivity contribution is 0.152. The first-order valence-electron chi connectivity index (χ1n) is 4.45. The highest BCUT2D eigenvalue weighted by Crippen LogP contribution is 2.10. The predicted molar refractivity (Wildman–Crippen MR) is 63.7 cm³/mol. The lowest BCUT2D eigenvalue weighted by atomic mass is 11.9. The summed E-state index contributed by atoms with van der Waals surface area (Å²) in [5.74, 6) is 0. The fourth-order valence-electron chi connectivity index (χ4n) is 0.836. The Bertz CT molecular complexity index is 137. The highest BCUT2D eigenvalue weighted by molar-refractivity contribution is 6.75. The molecule has 0 unspecified atom stereocenters. The van der Waals surface area contributed by atoms with Crippen LogP contribution in [0.5, 0.6) is 0 Å². The van der Waals surface area contributed by atoms with Gasteiger partial charge in [-0.2, -0.15) is 0 Å². The minimum absolute atomic E-state index is 0.987. The van der Waals surface area contributed by atoms with Crippen LogP contribution < -0.4 is 0 Å². The van der Waals surface area contributed by atoms with E-state index in [0.717, 1.165) is 0 Å². The van der Waals surface area contributed by atoms with E-state index < -0.39 is 36.2 Å². The molecule has 0 saturated carbocycles. The molecule has 83 valence electrons. The van der Waals surface area contributed by atoms with Crippen molar-refractivity contribution < 1.29 is 17.1 Å². The fraction of sp³-hybridized carbons (Fsp3) is 1.00. The van der Waals surface area contributed by atoms with Gasteiger partial charge in [0.1, 0.15) is 0 Å². The maximum absolute atomic E-state index is 10.1. The first-order valence-corrected chi connectivity index (χ1v) is 13.3. The Morgan fingerprint density at radius 2 is 0.929 bits per heavy atom. The molecule has 0 saturated heterocycles. The molecule has 0 bridgehead atoms. The van der Waals surface area contributed by atoms with Crippen LogP contribution in [0.3, 0.4) is 0 Å². The molecule has 8 heteroatoms. The van der Waals surface area contributed by atoms with Crippen molar-refractivity contribution in [1.82, 2.24) is 0 Å². The lowest BCUT2D eigenvalue weighted by Gasteiger charge is -2.28. The van der Waals surface area contributed by atoms with E-state index in [1.807, 2.05) is 39.3 Å². The largest absolute Gasteiger partial charge is 0.644 e. The third kappa shape index (κ3) is 7.06. The van der Waals surface area contributed by atoms with Crippen LogP contribution in [0.4, 0.5) is 0 Å². The van der Waals surface area contributed by atoms with E-state index in [1.54, 1.807) is 0 Å². The Morgan fingerprint density at radius 3 is 1.07 bits per heavy atom. The van der Waals surface area contributed by atoms with Gasteiger partial charge >= 0.3 is 9.05 Å². The van der Waals surface area contributed by atoms with Crippen LogP contribution in [0.15, 0.2) is 0 Å². The van der Waals surface area contributed by atoms with Crippen LogP contribution in [-0.4, -0.2) is 41.0 Å². The molecule has 3 radical (unpaired) electrons. The zero-order chi connectivity index (χ0) is 11.4. The van der Waals surface area contributed by atoms with Gasteiger partial charge < -0.3 is 17.1 Å². The summed E-state index contributed by atoms with van der Waals surface area (Å²) in [4.78, 5) is 10.1. The molecular formula is C6H19O4Si4. The zero-order valence-electron chi connectivity index (χ0n) is 9.67. The molecule has 0 aromatic heterocycles. The molecule has 0 aromatic carbocycles. The average Bonchev–Trinajstić information content (AvgIpc) is 1.76. The van der Waals surface area contributed by atoms with Gasteiger partial charge in [-0.3, -0.25) is 0 Å². The molecule has 0 atom stereocenters. The molecule has 0 fully saturated rings. The molecule has 0 amide bonds. The van der Waals surface area contributed by atoms with E-state index in [2.05, 4.69) is 0 Å². The Balaban J connectivity index is 4.32. The van der Waals surface area contributed by atoms with Crippen molar-refractivity contribution in [2.24, 2.45) is 0 Å². The monoisotopic (exact) mass is 267 g/mol. The van der Waals surface area contributed by atoms with Crippen molar-refractivity contribution >= 4 is 36.2 Å². The molecule has 0 aliphatic heterocycles. The third-order valence-electron chi connectivity index (χ3n) is 0.999. The third-order valence-corrected chi connectivity index (χ3v) is 8.99. The first-order chi connectivity index (χ1) is 6.25. The van der Waals surface area contributed by atoms with E-state index in [1.165, 1.54) is 0 Å². The topological polar surface area (TPSA) is 47.9 Å². The smallest absolute Gasteiger partial charge is 0.395 e. The van der Waals surface area contributed by atoms with Crippen molar-refractivity contribution in [2.45, 2.75) is 39.3 Å². The van der Waals surface area contributed by atoms with Gasteiger partial charge in [-0.25, -0.2) is 0 Å². The summed E-state index contributed by atoms with van der Waals surface area (Å²) in [6.45, 7) is 11.8. The van der Waals surface area contributed by atoms with Gasteiger partial charge in [0, 0.05) is 0 Å². The van der Waals surface area contributed by atoms with Crippen molar-refractivity contribution in [3.63, 3.8) is 0 Å². The summed E-state index contributed by atoms with van der Waals surface area (Å²) in [7, 11) is -6.26. The quantitative estimate of drug-likeness (QED) is 0.735. The molecule has 0 aromatic rings. The SMILES string of the molecule is C[Si](C)O[Si](O)(O[Si](C)C)O[Si](C)C. The number of rotatable bonds is 6. The second kappa shape index (κ2) is 6.32. The molecular weight excluding hydrogens is 248 g/mol. The second-order valence-electron chi connectivity index (χ2n) is 3.55. The average molecular weight is 268 g/mol. The second-order valence-corrected chi connectivity index (χ2v) is 12.5. The van der Waals surface area contributed by atoms with Gasteiger partial charge in [-0.15, -0.1) is 0 Å². The summed E-state index contributed by atoms with van der Waals surface area (Å²) in [6.07, 6.45) is 0. The Kier molecular flexibility index (Phi) is 6.64. The van der Waals surface area contributed by atoms with Crippen LogP contribution >= 0.6 is 0 Å². The highest BCUT2D eigenvalue weighted by atomic mass is 28.5. The van der Waals surface area contributed by atoms with Gasteiger partial charge in [0.15, 0.2) is 27.1 Å². The van der Waals surface area contributed by atoms with Crippen LogP contribution in [0.25, 0.3) is 0 Å². The lowest BCUT2D eigenvalue weighted by Crippen LogP contribution is -2.53. The van der Waals surface area contributed by atoms with Gasteiger partial charge in [-0.1, -0.05) is 0 Å². The fourth-order valence-corrected chi connectivity index (χ4v) is 8.65. The van der Waals surface area contributed by atoms with Crippen molar-refractivity contribution in [3.8, 4) is 0 Å². The predicted octanol–water partition coefficient (Wildman–Crippen LogP) is 1.22. The zero-order valence-corrected chi connectivity index (χ0v) is 13.7. The van der Waals surface area contributed by atoms with Crippen LogP contribution in [0, 0.1) is 0 Å². The van der Waals surface area contributed by atoms with Crippen molar-refractivity contribution in [3.05, 3.63) is 0 Å². The van der Waals surface area contributed by atoms with Gasteiger partial charge in [-0.05, 0) is 39.3 Å². The van der Waals surface area contributed by atoms with E-state index in [-0.39, 0.29) is 0 Å². The summed E-state index contributed by atoms with van der Waals surface area (Å²) < 4.78 is 16.4. The maximum atomic E-state index is 10.1. The van der Waals surface area contributed by atoms with Crippen LogP contribution in [0.1, 0.15) is 0 Å². The molecule has 14 heavy (non-hydrogen) atoms. The Morgan fingerprint density at radius 1 is 0.714 bits per heavy atom. The van der Waals surface area contributed by atoms with E-state index in [0.29, 0.717) is 0 Å². The van der Waals surface area contributed by atoms with E-state index in [9.17, 15) is 4.80 Å². The molecule has 0 spiro atoms. The first kappa shape index (κ1) is 14.7. The van der Waals surface area contributed by atoms with E-state index >= 15 is 0 Å². The van der Waals surface area contributed by atoms with Gasteiger partial charge in [0.05, 0.1) is 0 Å². The molecule has 0 rings (SSSR count). The maximum Gasteiger partial charge on any atom is 0.644 e. The molecule has 1 N–H and O–H groups in total. The normalized spacial score (nSPS) is 13.3. The van der Waals surface area contributed by atoms with Crippen LogP contribution in [0.2, 0.25) is 39.3 Å². The minimum atomic E-state index is -3.30. The van der Waals surface area contributed by atoms with E-state index in [4.69, 9.17) is 12.3 Å². The molecule has 4 nitrogen and oxygen atoms in total. The Hall–Kier alpha value is 0.708. The summed E-state index contributed by atoms with van der Waals surface area (Å²) >= 11 is 0. The molecule has 0 aliphatic rings. The Labute approximate surface area is 92.9 Å². The number of hydrogen-bond acceptors (Lipinski definition) is 4. The van der Waals surface area contributed by atoms with Crippen LogP contribution in [-0.2, 0) is 12.3 Å². The van der Waals surface area contributed by atoms with Gasteiger partial charge in [0.2, 0.25) is 0 Å². The summed E-state index contributed by atoms with van der Waals surface area (Å²) in [6, 6.07) is 0. The minimum Gasteiger partial charge on any atom is -0.395 e.